The molecule has 2 rings (SSSR count). The molecule has 0 amide bonds. The zero-order valence-electron chi connectivity index (χ0n) is 10.7. The summed E-state index contributed by atoms with van der Waals surface area (Å²) in [5.74, 6) is 0.644. The van der Waals surface area contributed by atoms with E-state index in [1.165, 1.54) is 0 Å². The van der Waals surface area contributed by atoms with Gasteiger partial charge in [0, 0.05) is 11.1 Å². The van der Waals surface area contributed by atoms with Crippen molar-refractivity contribution >= 4 is 0 Å². The maximum Gasteiger partial charge on any atom is 0.125 e. The van der Waals surface area contributed by atoms with Crippen LogP contribution in [0.3, 0.4) is 0 Å². The molecular weight excluding hydrogens is 238 g/mol. The molecule has 3 heteroatoms. The molecule has 0 radical (unpaired) electrons. The quantitative estimate of drug-likeness (QED) is 0.910. The molecule has 0 saturated carbocycles. The highest BCUT2D eigenvalue weighted by Gasteiger charge is 2.09. The van der Waals surface area contributed by atoms with Crippen LogP contribution in [-0.4, -0.2) is 5.11 Å². The second-order valence-corrected chi connectivity index (χ2v) is 4.27. The first-order valence-corrected chi connectivity index (χ1v) is 6.10. The Hall–Kier alpha value is -2.31. The van der Waals surface area contributed by atoms with Crippen molar-refractivity contribution in [1.29, 1.82) is 5.26 Å². The maximum atomic E-state index is 9.67. The molecule has 2 aromatic carbocycles. The van der Waals surface area contributed by atoms with Gasteiger partial charge in [-0.3, -0.25) is 0 Å². The monoisotopic (exact) mass is 253 g/mol. The topological polar surface area (TPSA) is 53.2 Å². The lowest BCUT2D eigenvalue weighted by Crippen LogP contribution is -2.02. The fourth-order valence-corrected chi connectivity index (χ4v) is 1.87. The summed E-state index contributed by atoms with van der Waals surface area (Å²) in [6.07, 6.45) is -0.581. The van der Waals surface area contributed by atoms with Gasteiger partial charge in [-0.25, -0.2) is 0 Å². The largest absolute Gasteiger partial charge is 0.488 e. The molecule has 1 unspecified atom stereocenters. The van der Waals surface area contributed by atoms with Crippen molar-refractivity contribution < 1.29 is 9.84 Å². The number of nitriles is 1. The fraction of sp³-hybridized carbons (Fsp3) is 0.188. The van der Waals surface area contributed by atoms with E-state index in [-0.39, 0.29) is 0 Å². The number of hydrogen-bond donors (Lipinski definition) is 1. The Bertz CT molecular complexity index is 600. The third kappa shape index (κ3) is 3.12. The number of rotatable bonds is 4. The van der Waals surface area contributed by atoms with Gasteiger partial charge >= 0.3 is 0 Å². The van der Waals surface area contributed by atoms with E-state index < -0.39 is 6.10 Å². The number of hydrogen-bond acceptors (Lipinski definition) is 3. The lowest BCUT2D eigenvalue weighted by atomic mass is 10.1. The minimum absolute atomic E-state index is 0.313. The number of para-hydroxylation sites is 1. The van der Waals surface area contributed by atoms with Gasteiger partial charge in [-0.2, -0.15) is 5.26 Å². The van der Waals surface area contributed by atoms with Crippen molar-refractivity contribution in [2.24, 2.45) is 0 Å². The van der Waals surface area contributed by atoms with Gasteiger partial charge in [-0.1, -0.05) is 36.4 Å². The van der Waals surface area contributed by atoms with Crippen molar-refractivity contribution in [1.82, 2.24) is 0 Å². The van der Waals surface area contributed by atoms with E-state index in [0.717, 1.165) is 11.1 Å². The molecule has 0 saturated heterocycles. The third-order valence-electron chi connectivity index (χ3n) is 2.89. The van der Waals surface area contributed by atoms with Crippen LogP contribution in [-0.2, 0) is 6.61 Å². The highest BCUT2D eigenvalue weighted by atomic mass is 16.5. The minimum atomic E-state index is -0.581. The number of benzene rings is 2. The maximum absolute atomic E-state index is 9.67. The van der Waals surface area contributed by atoms with Gasteiger partial charge in [0.2, 0.25) is 0 Å². The van der Waals surface area contributed by atoms with Crippen LogP contribution in [0.15, 0.2) is 48.5 Å². The molecule has 0 aromatic heterocycles. The summed E-state index contributed by atoms with van der Waals surface area (Å²) in [6, 6.07) is 16.8. The summed E-state index contributed by atoms with van der Waals surface area (Å²) >= 11 is 0. The second-order valence-electron chi connectivity index (χ2n) is 4.27. The van der Waals surface area contributed by atoms with Gasteiger partial charge in [0.05, 0.1) is 17.7 Å². The van der Waals surface area contributed by atoms with Crippen molar-refractivity contribution in [3.63, 3.8) is 0 Å². The first kappa shape index (κ1) is 13.1. The molecule has 19 heavy (non-hydrogen) atoms. The number of aliphatic hydroxyl groups excluding tert-OH is 1. The molecule has 0 aliphatic rings. The van der Waals surface area contributed by atoms with Crippen LogP contribution in [0.5, 0.6) is 5.75 Å². The van der Waals surface area contributed by atoms with E-state index in [1.54, 1.807) is 13.0 Å². The summed E-state index contributed by atoms with van der Waals surface area (Å²) in [4.78, 5) is 0. The van der Waals surface area contributed by atoms with Gasteiger partial charge in [-0.05, 0) is 19.1 Å². The van der Waals surface area contributed by atoms with Crippen molar-refractivity contribution in [3.05, 3.63) is 65.2 Å². The molecular formula is C16H15NO2. The van der Waals surface area contributed by atoms with Gasteiger partial charge in [0.25, 0.3) is 0 Å². The summed E-state index contributed by atoms with van der Waals surface area (Å²) in [7, 11) is 0. The standard InChI is InChI=1S/C16H15NO2/c1-12(18)15-8-4-5-9-16(15)19-11-14-7-3-2-6-13(14)10-17/h2-9,12,18H,11H2,1H3. The average molecular weight is 253 g/mol. The van der Waals surface area contributed by atoms with Gasteiger partial charge in [0.15, 0.2) is 0 Å². The van der Waals surface area contributed by atoms with Crippen molar-refractivity contribution in [3.8, 4) is 11.8 Å². The summed E-state index contributed by atoms with van der Waals surface area (Å²) < 4.78 is 5.72. The highest BCUT2D eigenvalue weighted by molar-refractivity contribution is 5.38. The average Bonchev–Trinajstić information content (AvgIpc) is 2.45. The van der Waals surface area contributed by atoms with Crippen LogP contribution in [0.4, 0.5) is 0 Å². The Morgan fingerprint density at radius 3 is 2.58 bits per heavy atom. The molecule has 0 bridgehead atoms. The molecule has 3 nitrogen and oxygen atoms in total. The highest BCUT2D eigenvalue weighted by Crippen LogP contribution is 2.25. The zero-order valence-corrected chi connectivity index (χ0v) is 10.7. The summed E-state index contributed by atoms with van der Waals surface area (Å²) in [5, 5.41) is 18.7. The number of nitrogens with zero attached hydrogens (tertiary/aromatic N) is 1. The predicted octanol–water partition coefficient (Wildman–Crippen LogP) is 3.19. The molecule has 0 aliphatic heterocycles. The van der Waals surface area contributed by atoms with Crippen LogP contribution in [0, 0.1) is 11.3 Å². The smallest absolute Gasteiger partial charge is 0.125 e. The van der Waals surface area contributed by atoms with E-state index in [0.29, 0.717) is 17.9 Å². The number of aliphatic hydroxyl groups is 1. The predicted molar refractivity (Wildman–Crippen MR) is 72.6 cm³/mol. The normalized spacial score (nSPS) is 11.6. The Balaban J connectivity index is 2.18. The lowest BCUT2D eigenvalue weighted by molar-refractivity contribution is 0.190. The van der Waals surface area contributed by atoms with E-state index in [2.05, 4.69) is 6.07 Å². The molecule has 1 N–H and O–H groups in total. The molecule has 0 spiro atoms. The SMILES string of the molecule is CC(O)c1ccccc1OCc1ccccc1C#N. The van der Waals surface area contributed by atoms with Gasteiger partial charge < -0.3 is 9.84 Å². The van der Waals surface area contributed by atoms with Crippen LogP contribution in [0.1, 0.15) is 29.7 Å². The Morgan fingerprint density at radius 2 is 1.84 bits per heavy atom. The van der Waals surface area contributed by atoms with Gasteiger partial charge in [-0.15, -0.1) is 0 Å². The van der Waals surface area contributed by atoms with E-state index >= 15 is 0 Å². The molecule has 96 valence electrons. The van der Waals surface area contributed by atoms with Gasteiger partial charge in [0.1, 0.15) is 12.4 Å². The summed E-state index contributed by atoms with van der Waals surface area (Å²) in [5.41, 5.74) is 2.19. The molecule has 0 fully saturated rings. The summed E-state index contributed by atoms with van der Waals surface area (Å²) in [6.45, 7) is 2.01. The first-order chi connectivity index (χ1) is 9.22. The van der Waals surface area contributed by atoms with E-state index in [4.69, 9.17) is 10.00 Å². The number of ether oxygens (including phenoxy) is 1. The van der Waals surface area contributed by atoms with Crippen LogP contribution >= 0.6 is 0 Å². The van der Waals surface area contributed by atoms with Crippen LogP contribution < -0.4 is 4.74 Å². The van der Waals surface area contributed by atoms with Crippen molar-refractivity contribution in [2.75, 3.05) is 0 Å². The Kier molecular flexibility index (Phi) is 4.17. The van der Waals surface area contributed by atoms with E-state index in [1.807, 2.05) is 42.5 Å². The lowest BCUT2D eigenvalue weighted by Gasteiger charge is -2.13. The zero-order chi connectivity index (χ0) is 13.7. The molecule has 1 atom stereocenters. The van der Waals surface area contributed by atoms with Crippen LogP contribution in [0.25, 0.3) is 0 Å². The second kappa shape index (κ2) is 6.03. The molecule has 0 aliphatic carbocycles. The third-order valence-corrected chi connectivity index (χ3v) is 2.89. The van der Waals surface area contributed by atoms with E-state index in [9.17, 15) is 5.11 Å². The molecule has 0 heterocycles. The van der Waals surface area contributed by atoms with Crippen LogP contribution in [0.2, 0.25) is 0 Å². The Morgan fingerprint density at radius 1 is 1.16 bits per heavy atom. The first-order valence-electron chi connectivity index (χ1n) is 6.10. The molecule has 2 aromatic rings. The van der Waals surface area contributed by atoms with Crippen molar-refractivity contribution in [2.45, 2.75) is 19.6 Å². The Labute approximate surface area is 112 Å². The minimum Gasteiger partial charge on any atom is -0.488 e. The fourth-order valence-electron chi connectivity index (χ4n) is 1.87.